The summed E-state index contributed by atoms with van der Waals surface area (Å²) in [4.78, 5) is 51.3. The first-order valence-corrected chi connectivity index (χ1v) is 11.9. The van der Waals surface area contributed by atoms with Gasteiger partial charge < -0.3 is 14.8 Å². The van der Waals surface area contributed by atoms with Gasteiger partial charge in [-0.3, -0.25) is 24.1 Å². The van der Waals surface area contributed by atoms with Crippen LogP contribution in [-0.4, -0.2) is 58.5 Å². The average Bonchev–Trinajstić information content (AvgIpc) is 3.36. The second kappa shape index (κ2) is 8.90. The van der Waals surface area contributed by atoms with E-state index in [0.29, 0.717) is 11.4 Å². The number of alkyl halides is 2. The number of likely N-dealkylation sites (tertiary alicyclic amines) is 1. The van der Waals surface area contributed by atoms with Gasteiger partial charge in [0, 0.05) is 16.2 Å². The summed E-state index contributed by atoms with van der Waals surface area (Å²) in [5.41, 5.74) is 0.468. The van der Waals surface area contributed by atoms with Crippen molar-refractivity contribution >= 4 is 61.2 Å². The summed E-state index contributed by atoms with van der Waals surface area (Å²) in [7, 11) is 1.49. The molecule has 2 aliphatic carbocycles. The van der Waals surface area contributed by atoms with Crippen molar-refractivity contribution in [1.29, 1.82) is 0 Å². The van der Waals surface area contributed by atoms with Crippen LogP contribution in [0.1, 0.15) is 12.8 Å². The van der Waals surface area contributed by atoms with Gasteiger partial charge in [0.05, 0.1) is 31.1 Å². The number of carbonyl (C=O) groups is 4. The van der Waals surface area contributed by atoms with E-state index >= 15 is 0 Å². The zero-order valence-corrected chi connectivity index (χ0v) is 19.9. The molecule has 6 atom stereocenters. The summed E-state index contributed by atoms with van der Waals surface area (Å²) in [6.45, 7) is -0.498. The molecule has 31 heavy (non-hydrogen) atoms. The third-order valence-corrected chi connectivity index (χ3v) is 9.57. The molecule has 1 aromatic carbocycles. The smallest absolute Gasteiger partial charge is 0.308 e. The SMILES string of the molecule is COc1ccccc1NC(=O)COC(=O)CCN1C(=O)[C@@H]2[C@H]3C[C@@H]([C@@H](Br)[C@H]3Br)[C@H]2C1=O. The monoisotopic (exact) mass is 556 g/mol. The van der Waals surface area contributed by atoms with Crippen LogP contribution in [0.3, 0.4) is 0 Å². The number of anilines is 1. The molecule has 1 heterocycles. The van der Waals surface area contributed by atoms with E-state index in [1.807, 2.05) is 0 Å². The van der Waals surface area contributed by atoms with Gasteiger partial charge in [0.25, 0.3) is 5.91 Å². The molecule has 0 radical (unpaired) electrons. The number of fused-ring (bicyclic) bond motifs is 5. The Morgan fingerprint density at radius 3 is 2.32 bits per heavy atom. The number of imide groups is 1. The van der Waals surface area contributed by atoms with Crippen molar-refractivity contribution in [1.82, 2.24) is 4.90 Å². The Hall–Kier alpha value is -1.94. The number of nitrogens with one attached hydrogen (secondary N) is 1. The number of hydrogen-bond donors (Lipinski definition) is 1. The van der Waals surface area contributed by atoms with Gasteiger partial charge in [-0.25, -0.2) is 0 Å². The number of benzene rings is 1. The summed E-state index contributed by atoms with van der Waals surface area (Å²) >= 11 is 7.29. The molecule has 1 N–H and O–H groups in total. The van der Waals surface area contributed by atoms with Crippen molar-refractivity contribution in [2.24, 2.45) is 23.7 Å². The van der Waals surface area contributed by atoms with Gasteiger partial charge in [-0.2, -0.15) is 0 Å². The predicted molar refractivity (Wildman–Crippen MR) is 118 cm³/mol. The second-order valence-electron chi connectivity index (χ2n) is 7.99. The maximum Gasteiger partial charge on any atom is 0.308 e. The van der Waals surface area contributed by atoms with Gasteiger partial charge in [-0.1, -0.05) is 44.0 Å². The van der Waals surface area contributed by atoms with Crippen molar-refractivity contribution in [3.8, 4) is 5.75 Å². The second-order valence-corrected chi connectivity index (χ2v) is 10.1. The average molecular weight is 558 g/mol. The first-order valence-electron chi connectivity index (χ1n) is 10.0. The van der Waals surface area contributed by atoms with E-state index in [-0.39, 0.29) is 58.1 Å². The Kier molecular flexibility index (Phi) is 6.39. The fourth-order valence-electron chi connectivity index (χ4n) is 4.99. The topological polar surface area (TPSA) is 102 Å². The highest BCUT2D eigenvalue weighted by molar-refractivity contribution is 9.12. The molecule has 1 aromatic rings. The highest BCUT2D eigenvalue weighted by Gasteiger charge is 2.66. The largest absolute Gasteiger partial charge is 0.495 e. The van der Waals surface area contributed by atoms with E-state index in [1.54, 1.807) is 24.3 Å². The van der Waals surface area contributed by atoms with E-state index in [9.17, 15) is 19.2 Å². The number of halogens is 2. The number of ether oxygens (including phenoxy) is 2. The molecule has 3 aliphatic rings. The van der Waals surface area contributed by atoms with Crippen LogP contribution >= 0.6 is 31.9 Å². The Morgan fingerprint density at radius 1 is 1.10 bits per heavy atom. The fourth-order valence-corrected chi connectivity index (χ4v) is 6.86. The zero-order chi connectivity index (χ0) is 22.3. The number of esters is 1. The first-order chi connectivity index (χ1) is 14.8. The van der Waals surface area contributed by atoms with Crippen molar-refractivity contribution in [2.75, 3.05) is 25.6 Å². The summed E-state index contributed by atoms with van der Waals surface area (Å²) in [5.74, 6) is -1.42. The normalized spacial score (nSPS) is 31.0. The van der Waals surface area contributed by atoms with Crippen LogP contribution in [0.2, 0.25) is 0 Å². The molecule has 1 aliphatic heterocycles. The van der Waals surface area contributed by atoms with Crippen LogP contribution in [-0.2, 0) is 23.9 Å². The van der Waals surface area contributed by atoms with Gasteiger partial charge in [0.15, 0.2) is 6.61 Å². The van der Waals surface area contributed by atoms with Crippen LogP contribution in [0, 0.1) is 23.7 Å². The number of amides is 3. The van der Waals surface area contributed by atoms with Crippen LogP contribution < -0.4 is 10.1 Å². The molecule has 4 rings (SSSR count). The molecular formula is C21H22Br2N2O6. The van der Waals surface area contributed by atoms with Gasteiger partial charge in [0.2, 0.25) is 11.8 Å². The number of carbonyl (C=O) groups excluding carboxylic acids is 4. The molecular weight excluding hydrogens is 536 g/mol. The van der Waals surface area contributed by atoms with Crippen molar-refractivity contribution < 1.29 is 28.7 Å². The van der Waals surface area contributed by atoms with E-state index in [0.717, 1.165) is 6.42 Å². The van der Waals surface area contributed by atoms with Gasteiger partial charge >= 0.3 is 5.97 Å². The first kappa shape index (κ1) is 22.3. The number of rotatable bonds is 7. The molecule has 0 aromatic heterocycles. The maximum atomic E-state index is 12.8. The summed E-state index contributed by atoms with van der Waals surface area (Å²) in [5, 5.41) is 2.61. The molecule has 2 bridgehead atoms. The van der Waals surface area contributed by atoms with Crippen molar-refractivity contribution in [3.63, 3.8) is 0 Å². The summed E-state index contributed by atoms with van der Waals surface area (Å²) in [6.07, 6.45) is 0.708. The standard InChI is InChI=1S/C21H22Br2N2O6/c1-30-13-5-3-2-4-12(13)24-14(26)9-31-15(27)6-7-25-20(28)16-10-8-11(17(16)21(25)29)19(23)18(10)22/h2-5,10-11,16-19H,6-9H2,1H3,(H,24,26)/t10-,11-,16-,17-,18-,19+/m1/s1. The van der Waals surface area contributed by atoms with Crippen molar-refractivity contribution in [2.45, 2.75) is 22.5 Å². The molecule has 1 saturated heterocycles. The van der Waals surface area contributed by atoms with Crippen molar-refractivity contribution in [3.05, 3.63) is 24.3 Å². The number of methoxy groups -OCH3 is 1. The minimum atomic E-state index is -0.646. The Balaban J connectivity index is 1.26. The fraction of sp³-hybridized carbons (Fsp3) is 0.524. The Morgan fingerprint density at radius 2 is 1.71 bits per heavy atom. The molecule has 0 spiro atoms. The highest BCUT2D eigenvalue weighted by atomic mass is 79.9. The van der Waals surface area contributed by atoms with Gasteiger partial charge in [-0.15, -0.1) is 0 Å². The van der Waals surface area contributed by atoms with Gasteiger partial charge in [0.1, 0.15) is 5.75 Å². The maximum absolute atomic E-state index is 12.8. The van der Waals surface area contributed by atoms with E-state index < -0.39 is 18.5 Å². The molecule has 2 saturated carbocycles. The predicted octanol–water partition coefficient (Wildman–Crippen LogP) is 2.34. The summed E-state index contributed by atoms with van der Waals surface area (Å²) in [6, 6.07) is 6.88. The molecule has 3 amide bonds. The van der Waals surface area contributed by atoms with E-state index in [2.05, 4.69) is 37.2 Å². The van der Waals surface area contributed by atoms with Crippen LogP contribution in [0.25, 0.3) is 0 Å². The summed E-state index contributed by atoms with van der Waals surface area (Å²) < 4.78 is 10.2. The minimum absolute atomic E-state index is 0.0308. The van der Waals surface area contributed by atoms with Crippen LogP contribution in [0.4, 0.5) is 5.69 Å². The number of nitrogens with zero attached hydrogens (tertiary/aromatic N) is 1. The van der Waals surface area contributed by atoms with E-state index in [1.165, 1.54) is 12.0 Å². The Labute approximate surface area is 196 Å². The Bertz CT molecular complexity index is 893. The lowest BCUT2D eigenvalue weighted by Gasteiger charge is -2.28. The third-order valence-electron chi connectivity index (χ3n) is 6.36. The van der Waals surface area contributed by atoms with Crippen LogP contribution in [0.15, 0.2) is 24.3 Å². The molecule has 166 valence electrons. The molecule has 8 nitrogen and oxygen atoms in total. The van der Waals surface area contributed by atoms with Gasteiger partial charge in [-0.05, 0) is 30.4 Å². The number of para-hydroxylation sites is 2. The molecule has 3 fully saturated rings. The molecule has 0 unspecified atom stereocenters. The lowest BCUT2D eigenvalue weighted by atomic mass is 9.81. The minimum Gasteiger partial charge on any atom is -0.495 e. The highest BCUT2D eigenvalue weighted by Crippen LogP contribution is 2.60. The van der Waals surface area contributed by atoms with E-state index in [4.69, 9.17) is 9.47 Å². The lowest BCUT2D eigenvalue weighted by molar-refractivity contribution is -0.149. The molecule has 10 heteroatoms. The third kappa shape index (κ3) is 4.00. The zero-order valence-electron chi connectivity index (χ0n) is 16.8. The number of hydrogen-bond acceptors (Lipinski definition) is 6. The quantitative estimate of drug-likeness (QED) is 0.314. The lowest BCUT2D eigenvalue weighted by Crippen LogP contribution is -2.37. The van der Waals surface area contributed by atoms with Crippen LogP contribution in [0.5, 0.6) is 5.75 Å².